The van der Waals surface area contributed by atoms with E-state index in [-0.39, 0.29) is 11.4 Å². The first-order valence-corrected chi connectivity index (χ1v) is 7.69. The highest BCUT2D eigenvalue weighted by Gasteiger charge is 2.21. The molecule has 0 aliphatic heterocycles. The fraction of sp³-hybridized carbons (Fsp3) is 0.385. The van der Waals surface area contributed by atoms with E-state index in [9.17, 15) is 8.42 Å². The molecule has 0 spiro atoms. The molecule has 2 N–H and O–H groups in total. The summed E-state index contributed by atoms with van der Waals surface area (Å²) in [5.74, 6) is 2.27. The molecule has 20 heavy (non-hydrogen) atoms. The van der Waals surface area contributed by atoms with Crippen LogP contribution in [-0.2, 0) is 23.1 Å². The molecule has 0 aliphatic carbocycles. The molecule has 0 amide bonds. The summed E-state index contributed by atoms with van der Waals surface area (Å²) < 4.78 is 37.7. The number of sulfonamides is 1. The monoisotopic (exact) mass is 298 g/mol. The van der Waals surface area contributed by atoms with Crippen molar-refractivity contribution in [2.24, 2.45) is 0 Å². The second-order valence-electron chi connectivity index (χ2n) is 4.50. The van der Waals surface area contributed by atoms with Gasteiger partial charge in [0, 0.05) is 6.07 Å². The van der Waals surface area contributed by atoms with Gasteiger partial charge in [-0.3, -0.25) is 0 Å². The van der Waals surface area contributed by atoms with Crippen LogP contribution in [0.1, 0.15) is 23.0 Å². The highest BCUT2D eigenvalue weighted by molar-refractivity contribution is 7.89. The third-order valence-corrected chi connectivity index (χ3v) is 4.30. The van der Waals surface area contributed by atoms with E-state index in [2.05, 4.69) is 10.0 Å². The number of nitrogens with one attached hydrogen (secondary N) is 2. The largest absolute Gasteiger partial charge is 0.465 e. The molecule has 2 aromatic rings. The van der Waals surface area contributed by atoms with Crippen LogP contribution in [0.2, 0.25) is 0 Å². The smallest absolute Gasteiger partial charge is 0.244 e. The topological polar surface area (TPSA) is 84.5 Å². The second kappa shape index (κ2) is 5.82. The third-order valence-electron chi connectivity index (χ3n) is 2.80. The summed E-state index contributed by atoms with van der Waals surface area (Å²) >= 11 is 0. The molecule has 0 aliphatic rings. The van der Waals surface area contributed by atoms with Crippen LogP contribution in [0.4, 0.5) is 0 Å². The summed E-state index contributed by atoms with van der Waals surface area (Å²) in [5, 5.41) is 2.91. The first kappa shape index (κ1) is 14.8. The van der Waals surface area contributed by atoms with Crippen molar-refractivity contribution in [1.82, 2.24) is 10.0 Å². The molecule has 2 rings (SSSR count). The lowest BCUT2D eigenvalue weighted by Gasteiger charge is -2.03. The molecule has 0 saturated heterocycles. The lowest BCUT2D eigenvalue weighted by Crippen LogP contribution is -2.23. The highest BCUT2D eigenvalue weighted by Crippen LogP contribution is 2.20. The Balaban J connectivity index is 2.13. The predicted molar refractivity (Wildman–Crippen MR) is 73.7 cm³/mol. The fourth-order valence-electron chi connectivity index (χ4n) is 1.88. The maximum Gasteiger partial charge on any atom is 0.244 e. The maximum absolute atomic E-state index is 12.2. The normalized spacial score (nSPS) is 11.9. The minimum atomic E-state index is -3.61. The Labute approximate surface area is 118 Å². The van der Waals surface area contributed by atoms with Crippen LogP contribution < -0.4 is 10.0 Å². The lowest BCUT2D eigenvalue weighted by atomic mass is 10.4. The van der Waals surface area contributed by atoms with E-state index in [1.807, 2.05) is 6.92 Å². The molecule has 110 valence electrons. The summed E-state index contributed by atoms with van der Waals surface area (Å²) in [5.41, 5.74) is 0. The molecule has 2 aromatic heterocycles. The maximum atomic E-state index is 12.2. The Morgan fingerprint density at radius 1 is 1.10 bits per heavy atom. The van der Waals surface area contributed by atoms with Gasteiger partial charge in [0.1, 0.15) is 27.9 Å². The summed E-state index contributed by atoms with van der Waals surface area (Å²) in [7, 11) is -1.84. The quantitative estimate of drug-likeness (QED) is 0.847. The van der Waals surface area contributed by atoms with Gasteiger partial charge >= 0.3 is 0 Å². The van der Waals surface area contributed by atoms with Gasteiger partial charge in [-0.15, -0.1) is 0 Å². The van der Waals surface area contributed by atoms with Crippen molar-refractivity contribution in [3.05, 3.63) is 41.2 Å². The van der Waals surface area contributed by atoms with Gasteiger partial charge in [-0.2, -0.15) is 0 Å². The van der Waals surface area contributed by atoms with E-state index >= 15 is 0 Å². The summed E-state index contributed by atoms with van der Waals surface area (Å²) in [4.78, 5) is 0.158. The van der Waals surface area contributed by atoms with Crippen LogP contribution in [0, 0.1) is 13.8 Å². The van der Waals surface area contributed by atoms with Crippen molar-refractivity contribution in [2.75, 3.05) is 7.05 Å². The Morgan fingerprint density at radius 2 is 1.85 bits per heavy atom. The van der Waals surface area contributed by atoms with Crippen molar-refractivity contribution in [3.8, 4) is 0 Å². The molecule has 0 fully saturated rings. The van der Waals surface area contributed by atoms with Gasteiger partial charge in [0.05, 0.1) is 13.1 Å². The molecular formula is C13H18N2O4S. The average Bonchev–Trinajstić information content (AvgIpc) is 2.94. The molecule has 0 aromatic carbocycles. The van der Waals surface area contributed by atoms with Crippen LogP contribution in [0.25, 0.3) is 0 Å². The number of rotatable bonds is 6. The molecule has 2 heterocycles. The molecule has 6 nitrogen and oxygen atoms in total. The van der Waals surface area contributed by atoms with Gasteiger partial charge < -0.3 is 14.2 Å². The zero-order valence-corrected chi connectivity index (χ0v) is 12.5. The third kappa shape index (κ3) is 3.30. The van der Waals surface area contributed by atoms with Crippen molar-refractivity contribution in [3.63, 3.8) is 0 Å². The summed E-state index contributed by atoms with van der Waals surface area (Å²) in [6.07, 6.45) is 0. The van der Waals surface area contributed by atoms with E-state index in [1.54, 1.807) is 26.1 Å². The van der Waals surface area contributed by atoms with E-state index in [0.29, 0.717) is 23.8 Å². The summed E-state index contributed by atoms with van der Waals surface area (Å²) in [6, 6.07) is 5.06. The highest BCUT2D eigenvalue weighted by atomic mass is 32.2. The Kier molecular flexibility index (Phi) is 4.32. The van der Waals surface area contributed by atoms with Crippen LogP contribution in [0.5, 0.6) is 0 Å². The number of hydrogen-bond acceptors (Lipinski definition) is 5. The molecule has 7 heteroatoms. The molecular weight excluding hydrogens is 280 g/mol. The van der Waals surface area contributed by atoms with E-state index < -0.39 is 10.0 Å². The van der Waals surface area contributed by atoms with Gasteiger partial charge in [-0.25, -0.2) is 13.1 Å². The van der Waals surface area contributed by atoms with Crippen LogP contribution >= 0.6 is 0 Å². The first-order valence-electron chi connectivity index (χ1n) is 6.21. The zero-order valence-electron chi connectivity index (χ0n) is 11.7. The van der Waals surface area contributed by atoms with E-state index in [0.717, 1.165) is 5.76 Å². The van der Waals surface area contributed by atoms with E-state index in [1.165, 1.54) is 6.07 Å². The Morgan fingerprint density at radius 3 is 2.45 bits per heavy atom. The van der Waals surface area contributed by atoms with Crippen LogP contribution in [0.3, 0.4) is 0 Å². The molecule has 0 atom stereocenters. The van der Waals surface area contributed by atoms with Crippen molar-refractivity contribution in [2.45, 2.75) is 31.8 Å². The fourth-order valence-corrected chi connectivity index (χ4v) is 3.07. The number of furan rings is 2. The molecule has 0 radical (unpaired) electrons. The van der Waals surface area contributed by atoms with Crippen LogP contribution in [-0.4, -0.2) is 15.5 Å². The minimum absolute atomic E-state index is 0.113. The Hall–Kier alpha value is -1.57. The van der Waals surface area contributed by atoms with Gasteiger partial charge in [0.25, 0.3) is 0 Å². The van der Waals surface area contributed by atoms with Gasteiger partial charge in [-0.05, 0) is 33.0 Å². The standard InChI is InChI=1S/C13H18N2O4S/c1-9-4-5-11(18-9)8-15-20(16,17)13-6-12(7-14-3)19-10(13)2/h4-6,14-15H,7-8H2,1-3H3. The van der Waals surface area contributed by atoms with Gasteiger partial charge in [0.15, 0.2) is 0 Å². The van der Waals surface area contributed by atoms with Crippen LogP contribution in [0.15, 0.2) is 31.9 Å². The number of aryl methyl sites for hydroxylation is 2. The minimum Gasteiger partial charge on any atom is -0.465 e. The van der Waals surface area contributed by atoms with Crippen molar-refractivity contribution < 1.29 is 17.3 Å². The second-order valence-corrected chi connectivity index (χ2v) is 6.24. The zero-order chi connectivity index (χ0) is 14.8. The lowest BCUT2D eigenvalue weighted by molar-refractivity contribution is 0.464. The SMILES string of the molecule is CNCc1cc(S(=O)(=O)NCc2ccc(C)o2)c(C)o1. The summed E-state index contributed by atoms with van der Waals surface area (Å²) in [6.45, 7) is 4.03. The molecule has 0 saturated carbocycles. The van der Waals surface area contributed by atoms with Crippen molar-refractivity contribution in [1.29, 1.82) is 0 Å². The predicted octanol–water partition coefficient (Wildman–Crippen LogP) is 1.69. The van der Waals surface area contributed by atoms with E-state index in [4.69, 9.17) is 8.83 Å². The first-order chi connectivity index (χ1) is 9.42. The van der Waals surface area contributed by atoms with Gasteiger partial charge in [-0.1, -0.05) is 0 Å². The Bertz CT molecular complexity index is 685. The molecule has 0 unspecified atom stereocenters. The number of hydrogen-bond donors (Lipinski definition) is 2. The molecule has 0 bridgehead atoms. The van der Waals surface area contributed by atoms with Gasteiger partial charge in [0.2, 0.25) is 10.0 Å². The average molecular weight is 298 g/mol. The van der Waals surface area contributed by atoms with Crippen molar-refractivity contribution >= 4 is 10.0 Å².